The van der Waals surface area contributed by atoms with Crippen LogP contribution in [0.4, 0.5) is 10.5 Å². The van der Waals surface area contributed by atoms with Gasteiger partial charge < -0.3 is 23.3 Å². The lowest BCUT2D eigenvalue weighted by Crippen LogP contribution is -2.33. The number of non-ortho nitro benzene ring substituents is 1. The Hall–Kier alpha value is -1.89. The third-order valence-electron chi connectivity index (χ3n) is 8.20. The molecule has 0 radical (unpaired) electrons. The molecule has 0 spiro atoms. The summed E-state index contributed by atoms with van der Waals surface area (Å²) in [4.78, 5) is 28.2. The van der Waals surface area contributed by atoms with E-state index in [9.17, 15) is 19.5 Å². The standard InChI is InChI=1S/C37H67N2O10PS/c1-3-38(47-32-31-45-30-29-44-27-19-15-11-7-6-10-14-18-22-34-51)37(40)46-28-20-16-12-8-5-9-13-17-21-33-50(43,48-4-2)49-36-25-23-35(24-26-36)39(41)42/h23-26,51H,3-22,27-34H2,1-2H3. The van der Waals surface area contributed by atoms with Crippen LogP contribution >= 0.6 is 20.2 Å². The van der Waals surface area contributed by atoms with Crippen molar-refractivity contribution in [1.29, 1.82) is 0 Å². The number of rotatable bonds is 36. The predicted octanol–water partition coefficient (Wildman–Crippen LogP) is 10.6. The molecule has 0 aromatic heterocycles. The Balaban J connectivity index is 1.95. The fourth-order valence-corrected chi connectivity index (χ4v) is 7.30. The van der Waals surface area contributed by atoms with Crippen LogP contribution < -0.4 is 4.52 Å². The fraction of sp³-hybridized carbons (Fsp3) is 0.811. The molecule has 1 aromatic rings. The molecule has 296 valence electrons. The van der Waals surface area contributed by atoms with E-state index in [0.717, 1.165) is 70.1 Å². The highest BCUT2D eigenvalue weighted by molar-refractivity contribution is 7.80. The van der Waals surface area contributed by atoms with Crippen molar-refractivity contribution in [3.8, 4) is 5.75 Å². The summed E-state index contributed by atoms with van der Waals surface area (Å²) in [5.74, 6) is 1.30. The fourth-order valence-electron chi connectivity index (χ4n) is 5.35. The molecule has 0 saturated heterocycles. The van der Waals surface area contributed by atoms with E-state index in [2.05, 4.69) is 12.6 Å². The third kappa shape index (κ3) is 26.5. The minimum absolute atomic E-state index is 0.0518. The number of carbonyl (C=O) groups excluding carboxylic acids is 1. The van der Waals surface area contributed by atoms with Gasteiger partial charge in [0.2, 0.25) is 0 Å². The van der Waals surface area contributed by atoms with Gasteiger partial charge in [-0.05, 0) is 57.4 Å². The number of amides is 1. The minimum atomic E-state index is -3.32. The molecule has 0 aliphatic heterocycles. The first kappa shape index (κ1) is 47.1. The van der Waals surface area contributed by atoms with Gasteiger partial charge in [0.15, 0.2) is 0 Å². The monoisotopic (exact) mass is 762 g/mol. The van der Waals surface area contributed by atoms with Gasteiger partial charge >= 0.3 is 13.7 Å². The number of ether oxygens (including phenoxy) is 3. The number of nitro groups is 1. The van der Waals surface area contributed by atoms with E-state index in [0.29, 0.717) is 51.3 Å². The van der Waals surface area contributed by atoms with Gasteiger partial charge in [0, 0.05) is 25.3 Å². The van der Waals surface area contributed by atoms with Crippen LogP contribution in [0.15, 0.2) is 24.3 Å². The summed E-state index contributed by atoms with van der Waals surface area (Å²) in [6, 6.07) is 5.53. The van der Waals surface area contributed by atoms with E-state index in [-0.39, 0.29) is 18.9 Å². The van der Waals surface area contributed by atoms with E-state index in [1.54, 1.807) is 6.92 Å². The van der Waals surface area contributed by atoms with Gasteiger partial charge in [-0.3, -0.25) is 15.0 Å². The smallest absolute Gasteiger partial charge is 0.433 e. The summed E-state index contributed by atoms with van der Waals surface area (Å²) in [6.45, 7) is 7.13. The Morgan fingerprint density at radius 2 is 1.20 bits per heavy atom. The molecule has 0 bridgehead atoms. The number of carbonyl (C=O) groups is 1. The lowest BCUT2D eigenvalue weighted by atomic mass is 10.1. The maximum absolute atomic E-state index is 13.1. The molecule has 12 nitrogen and oxygen atoms in total. The maximum Gasteiger partial charge on any atom is 0.433 e. The first-order valence-corrected chi connectivity index (χ1v) is 21.7. The van der Waals surface area contributed by atoms with Crippen molar-refractivity contribution in [1.82, 2.24) is 5.06 Å². The van der Waals surface area contributed by atoms with Gasteiger partial charge in [-0.2, -0.15) is 17.7 Å². The van der Waals surface area contributed by atoms with Crippen LogP contribution in [0, 0.1) is 10.1 Å². The number of hydroxylamine groups is 2. The normalized spacial score (nSPS) is 12.5. The van der Waals surface area contributed by atoms with Crippen LogP contribution in [-0.4, -0.2) is 80.8 Å². The highest BCUT2D eigenvalue weighted by Gasteiger charge is 2.25. The molecule has 1 aromatic carbocycles. The number of benzene rings is 1. The van der Waals surface area contributed by atoms with E-state index < -0.39 is 18.6 Å². The number of nitrogens with zero attached hydrogens (tertiary/aromatic N) is 2. The highest BCUT2D eigenvalue weighted by Crippen LogP contribution is 2.49. The van der Waals surface area contributed by atoms with Crippen molar-refractivity contribution in [3.05, 3.63) is 34.4 Å². The molecule has 1 rings (SSSR count). The van der Waals surface area contributed by atoms with Crippen LogP contribution in [0.1, 0.15) is 129 Å². The molecule has 1 unspecified atom stereocenters. The Labute approximate surface area is 313 Å². The first-order chi connectivity index (χ1) is 24.8. The zero-order chi connectivity index (χ0) is 37.3. The molecular weight excluding hydrogens is 695 g/mol. The molecule has 0 aliphatic carbocycles. The second kappa shape index (κ2) is 32.7. The van der Waals surface area contributed by atoms with Gasteiger partial charge in [-0.1, -0.05) is 89.9 Å². The average Bonchev–Trinajstić information content (AvgIpc) is 3.11. The van der Waals surface area contributed by atoms with Crippen molar-refractivity contribution in [3.63, 3.8) is 0 Å². The molecule has 1 atom stereocenters. The average molecular weight is 763 g/mol. The molecule has 51 heavy (non-hydrogen) atoms. The van der Waals surface area contributed by atoms with Gasteiger partial charge in [-0.25, -0.2) is 9.36 Å². The number of thiol groups is 1. The van der Waals surface area contributed by atoms with Crippen molar-refractivity contribution in [2.24, 2.45) is 0 Å². The zero-order valence-electron chi connectivity index (χ0n) is 31.5. The highest BCUT2D eigenvalue weighted by atomic mass is 32.1. The van der Waals surface area contributed by atoms with E-state index in [4.69, 9.17) is 28.1 Å². The molecule has 0 fully saturated rings. The van der Waals surface area contributed by atoms with Gasteiger partial charge in [-0.15, -0.1) is 0 Å². The summed E-state index contributed by atoms with van der Waals surface area (Å²) in [5, 5.41) is 12.1. The van der Waals surface area contributed by atoms with Crippen LogP contribution in [0.25, 0.3) is 0 Å². The predicted molar refractivity (Wildman–Crippen MR) is 206 cm³/mol. The third-order valence-corrected chi connectivity index (χ3v) is 10.5. The molecule has 0 aliphatic rings. The summed E-state index contributed by atoms with van der Waals surface area (Å²) in [6.07, 6.45) is 20.2. The van der Waals surface area contributed by atoms with Gasteiger partial charge in [0.25, 0.3) is 5.69 Å². The number of hydrogen-bond donors (Lipinski definition) is 1. The summed E-state index contributed by atoms with van der Waals surface area (Å²) < 4.78 is 40.7. The van der Waals surface area contributed by atoms with Crippen LogP contribution in [0.3, 0.4) is 0 Å². The molecule has 14 heteroatoms. The quantitative estimate of drug-likeness (QED) is 0.0231. The zero-order valence-corrected chi connectivity index (χ0v) is 33.3. The lowest BCUT2D eigenvalue weighted by Gasteiger charge is -2.19. The number of hydrogen-bond acceptors (Lipinski definition) is 11. The van der Waals surface area contributed by atoms with Crippen LogP contribution in [0.2, 0.25) is 0 Å². The number of nitro benzene ring substituents is 1. The second-order valence-corrected chi connectivity index (χ2v) is 15.1. The largest absolute Gasteiger partial charge is 0.448 e. The Bertz CT molecular complexity index is 1040. The van der Waals surface area contributed by atoms with E-state index in [1.165, 1.54) is 80.7 Å². The maximum atomic E-state index is 13.1. The Morgan fingerprint density at radius 3 is 1.73 bits per heavy atom. The minimum Gasteiger partial charge on any atom is -0.448 e. The molecule has 0 N–H and O–H groups in total. The number of unbranched alkanes of at least 4 members (excludes halogenated alkanes) is 16. The first-order valence-electron chi connectivity index (χ1n) is 19.4. The molecular formula is C37H67N2O10PS. The van der Waals surface area contributed by atoms with Crippen LogP contribution in [0.5, 0.6) is 5.75 Å². The SMILES string of the molecule is CCOP(=O)(CCCCCCCCCCCOC(=O)N(CC)OCCOCCOCCCCCCCCCCCS)Oc1ccc([N+](=O)[O-])cc1. The van der Waals surface area contributed by atoms with Crippen LogP contribution in [-0.2, 0) is 28.1 Å². The van der Waals surface area contributed by atoms with Crippen molar-refractivity contribution in [2.45, 2.75) is 129 Å². The lowest BCUT2D eigenvalue weighted by molar-refractivity contribution is -0.384. The van der Waals surface area contributed by atoms with Gasteiger partial charge in [0.1, 0.15) is 5.75 Å². The van der Waals surface area contributed by atoms with E-state index >= 15 is 0 Å². The molecule has 0 heterocycles. The molecule has 1 amide bonds. The Morgan fingerprint density at radius 1 is 0.706 bits per heavy atom. The van der Waals surface area contributed by atoms with E-state index in [1.807, 2.05) is 6.92 Å². The van der Waals surface area contributed by atoms with Gasteiger partial charge in [0.05, 0.1) is 50.7 Å². The summed E-state index contributed by atoms with van der Waals surface area (Å²) in [7, 11) is -3.32. The van der Waals surface area contributed by atoms with Crippen molar-refractivity contribution in [2.75, 3.05) is 64.7 Å². The summed E-state index contributed by atoms with van der Waals surface area (Å²) in [5.41, 5.74) is -0.0518. The topological polar surface area (TPSA) is 136 Å². The van der Waals surface area contributed by atoms with Crippen molar-refractivity contribution < 1.29 is 42.4 Å². The van der Waals surface area contributed by atoms with Crippen molar-refractivity contribution >= 4 is 32.0 Å². The Kier molecular flexibility index (Phi) is 30.3. The molecule has 0 saturated carbocycles. The second-order valence-electron chi connectivity index (χ2n) is 12.5. The summed E-state index contributed by atoms with van der Waals surface area (Å²) >= 11 is 4.25.